The van der Waals surface area contributed by atoms with Crippen molar-refractivity contribution in [2.24, 2.45) is 5.92 Å². The van der Waals surface area contributed by atoms with Crippen LogP contribution in [0.5, 0.6) is 0 Å². The van der Waals surface area contributed by atoms with Crippen molar-refractivity contribution in [3.05, 3.63) is 118 Å². The smallest absolute Gasteiger partial charge is 0.247 e. The van der Waals surface area contributed by atoms with Crippen molar-refractivity contribution in [2.45, 2.75) is 45.1 Å². The first-order valence-electron chi connectivity index (χ1n) is 14.7. The third-order valence-electron chi connectivity index (χ3n) is 8.41. The molecule has 2 aromatic heterocycles. The predicted molar refractivity (Wildman–Crippen MR) is 167 cm³/mol. The van der Waals surface area contributed by atoms with Gasteiger partial charge in [0.1, 0.15) is 5.82 Å². The second-order valence-electron chi connectivity index (χ2n) is 11.4. The zero-order chi connectivity index (χ0) is 30.8. The fraction of sp³-hybridized carbons (Fsp3) is 0.257. The highest BCUT2D eigenvalue weighted by molar-refractivity contribution is 6.31. The molecule has 0 saturated heterocycles. The number of nitrogens with zero attached hydrogens (tertiary/aromatic N) is 3. The Hall–Kier alpha value is -4.43. The molecular formula is C35H31ClF2N4O2. The van der Waals surface area contributed by atoms with Crippen LogP contribution in [0.15, 0.2) is 79.3 Å². The van der Waals surface area contributed by atoms with E-state index in [1.54, 1.807) is 17.3 Å². The molecule has 4 aromatic rings. The van der Waals surface area contributed by atoms with Gasteiger partial charge in [0.05, 0.1) is 22.3 Å². The molecule has 0 saturated carbocycles. The molecule has 224 valence electrons. The fourth-order valence-corrected chi connectivity index (χ4v) is 6.20. The molecule has 2 bridgehead atoms. The molecule has 2 aromatic carbocycles. The van der Waals surface area contributed by atoms with E-state index in [4.69, 9.17) is 11.6 Å². The van der Waals surface area contributed by atoms with E-state index >= 15 is 0 Å². The number of hydrogen-bond donors (Lipinski definition) is 1. The number of pyridine rings is 2. The number of amides is 2. The van der Waals surface area contributed by atoms with E-state index in [-0.39, 0.29) is 52.9 Å². The maximum absolute atomic E-state index is 14.8. The monoisotopic (exact) mass is 612 g/mol. The molecule has 6 rings (SSSR count). The fourth-order valence-electron chi connectivity index (χ4n) is 6.04. The van der Waals surface area contributed by atoms with E-state index < -0.39 is 11.6 Å². The number of fused-ring (bicyclic) bond motifs is 4. The summed E-state index contributed by atoms with van der Waals surface area (Å²) in [6.45, 7) is 2.17. The van der Waals surface area contributed by atoms with Gasteiger partial charge in [0, 0.05) is 48.4 Å². The van der Waals surface area contributed by atoms with Crippen LogP contribution in [0, 0.1) is 17.6 Å². The minimum atomic E-state index is -0.867. The molecule has 2 amide bonds. The molecule has 2 aliphatic heterocycles. The van der Waals surface area contributed by atoms with Crippen LogP contribution in [-0.4, -0.2) is 33.2 Å². The van der Waals surface area contributed by atoms with Gasteiger partial charge in [-0.15, -0.1) is 0 Å². The average Bonchev–Trinajstić information content (AvgIpc) is 3.02. The van der Waals surface area contributed by atoms with Crippen LogP contribution in [0.1, 0.15) is 61.0 Å². The SMILES string of the molecule is C[C@@H]1CCC[C@H](N2CCC(c3c(F)ccc(Cl)c3F)=CC2=O)c2cc(ccn2)-c2ccc(Cc3cccnc3)cc2NC1=O. The Bertz CT molecular complexity index is 1760. The molecule has 2 atom stereocenters. The van der Waals surface area contributed by atoms with Crippen LogP contribution in [0.2, 0.25) is 5.02 Å². The highest BCUT2D eigenvalue weighted by Crippen LogP contribution is 2.37. The van der Waals surface area contributed by atoms with Crippen molar-refractivity contribution in [2.75, 3.05) is 11.9 Å². The van der Waals surface area contributed by atoms with Gasteiger partial charge in [0.15, 0.2) is 5.82 Å². The number of aromatic nitrogens is 2. The van der Waals surface area contributed by atoms with Gasteiger partial charge in [-0.25, -0.2) is 8.78 Å². The molecular weight excluding hydrogens is 582 g/mol. The lowest BCUT2D eigenvalue weighted by Gasteiger charge is -2.34. The first-order chi connectivity index (χ1) is 21.3. The topological polar surface area (TPSA) is 75.2 Å². The van der Waals surface area contributed by atoms with Gasteiger partial charge in [-0.3, -0.25) is 19.6 Å². The van der Waals surface area contributed by atoms with Crippen LogP contribution in [0.4, 0.5) is 14.5 Å². The van der Waals surface area contributed by atoms with Gasteiger partial charge in [-0.2, -0.15) is 0 Å². The summed E-state index contributed by atoms with van der Waals surface area (Å²) in [5.41, 5.74) is 5.27. The van der Waals surface area contributed by atoms with Crippen LogP contribution >= 0.6 is 11.6 Å². The van der Waals surface area contributed by atoms with Crippen LogP contribution in [-0.2, 0) is 16.0 Å². The van der Waals surface area contributed by atoms with Gasteiger partial charge >= 0.3 is 0 Å². The number of hydrogen-bond acceptors (Lipinski definition) is 4. The summed E-state index contributed by atoms with van der Waals surface area (Å²) < 4.78 is 29.4. The summed E-state index contributed by atoms with van der Waals surface area (Å²) >= 11 is 5.92. The standard InChI is InChI=1S/C35H31ClF2N4O2/c1-21-4-2-6-31(42-15-12-25(19-32(42)43)33-28(37)10-9-27(36)34(33)38)30-18-24(11-14-40-30)26-8-7-22(17-29(26)41-35(21)44)16-23-5-3-13-39-20-23/h3,5,7-11,13-14,17-21,31H,2,4,6,12,15-16H2,1H3,(H,41,44)/t21-,31+/m1/s1. The zero-order valence-electron chi connectivity index (χ0n) is 24.2. The minimum Gasteiger partial charge on any atom is -0.330 e. The van der Waals surface area contributed by atoms with E-state index in [1.807, 2.05) is 55.6 Å². The molecule has 6 nitrogen and oxygen atoms in total. The Kier molecular flexibility index (Phi) is 8.53. The Morgan fingerprint density at radius 3 is 2.68 bits per heavy atom. The number of nitrogens with one attached hydrogen (secondary N) is 1. The Morgan fingerprint density at radius 2 is 1.89 bits per heavy atom. The summed E-state index contributed by atoms with van der Waals surface area (Å²) in [4.78, 5) is 37.4. The first kappa shape index (κ1) is 29.6. The molecule has 0 aliphatic carbocycles. The number of anilines is 1. The molecule has 0 fully saturated rings. The van der Waals surface area contributed by atoms with Gasteiger partial charge < -0.3 is 10.2 Å². The summed E-state index contributed by atoms with van der Waals surface area (Å²) in [6, 6.07) is 15.7. The maximum atomic E-state index is 14.8. The average molecular weight is 613 g/mol. The number of carbonyl (C=O) groups is 2. The van der Waals surface area contributed by atoms with E-state index in [0.29, 0.717) is 31.4 Å². The largest absolute Gasteiger partial charge is 0.330 e. The normalized spacial score (nSPS) is 18.9. The van der Waals surface area contributed by atoms with Gasteiger partial charge in [-0.1, -0.05) is 43.1 Å². The zero-order valence-corrected chi connectivity index (χ0v) is 25.0. The third kappa shape index (κ3) is 6.13. The number of carbonyl (C=O) groups excluding carboxylic acids is 2. The van der Waals surface area contributed by atoms with Gasteiger partial charge in [0.2, 0.25) is 11.8 Å². The molecule has 44 heavy (non-hydrogen) atoms. The first-order valence-corrected chi connectivity index (χ1v) is 15.1. The highest BCUT2D eigenvalue weighted by Gasteiger charge is 2.31. The predicted octanol–water partition coefficient (Wildman–Crippen LogP) is 7.78. The molecule has 1 N–H and O–H groups in total. The Labute approximate surface area is 259 Å². The van der Waals surface area contributed by atoms with E-state index in [0.717, 1.165) is 40.1 Å². The quantitative estimate of drug-likeness (QED) is 0.239. The van der Waals surface area contributed by atoms with Crippen LogP contribution < -0.4 is 5.32 Å². The molecule has 9 heteroatoms. The summed E-state index contributed by atoms with van der Waals surface area (Å²) in [5.74, 6) is -2.29. The molecule has 0 unspecified atom stereocenters. The van der Waals surface area contributed by atoms with Crippen molar-refractivity contribution in [3.63, 3.8) is 0 Å². The lowest BCUT2D eigenvalue weighted by atomic mass is 9.92. The Balaban J connectivity index is 1.36. The number of rotatable bonds is 4. The van der Waals surface area contributed by atoms with Crippen LogP contribution in [0.3, 0.4) is 0 Å². The van der Waals surface area contributed by atoms with Gasteiger partial charge in [-0.05, 0) is 84.3 Å². The highest BCUT2D eigenvalue weighted by atomic mass is 35.5. The second kappa shape index (κ2) is 12.7. The minimum absolute atomic E-state index is 0.0663. The van der Waals surface area contributed by atoms with Crippen molar-refractivity contribution < 1.29 is 18.4 Å². The van der Waals surface area contributed by atoms with Crippen molar-refractivity contribution in [1.82, 2.24) is 14.9 Å². The third-order valence-corrected chi connectivity index (χ3v) is 8.70. The maximum Gasteiger partial charge on any atom is 0.247 e. The Morgan fingerprint density at radius 1 is 1.02 bits per heavy atom. The number of benzene rings is 2. The summed E-state index contributed by atoms with van der Waals surface area (Å²) in [6.07, 6.45) is 9.40. The van der Waals surface area contributed by atoms with Gasteiger partial charge in [0.25, 0.3) is 0 Å². The molecule has 4 heterocycles. The van der Waals surface area contributed by atoms with E-state index in [2.05, 4.69) is 15.3 Å². The molecule has 0 radical (unpaired) electrons. The van der Waals surface area contributed by atoms with E-state index in [1.165, 1.54) is 6.08 Å². The second-order valence-corrected chi connectivity index (χ2v) is 11.8. The lowest BCUT2D eigenvalue weighted by Crippen LogP contribution is -2.38. The number of halogens is 3. The van der Waals surface area contributed by atoms with Crippen molar-refractivity contribution >= 4 is 34.7 Å². The van der Waals surface area contributed by atoms with Crippen molar-refractivity contribution in [1.29, 1.82) is 0 Å². The van der Waals surface area contributed by atoms with E-state index in [9.17, 15) is 18.4 Å². The lowest BCUT2D eigenvalue weighted by molar-refractivity contribution is -0.129. The molecule has 0 spiro atoms. The van der Waals surface area contributed by atoms with Crippen molar-refractivity contribution in [3.8, 4) is 11.1 Å². The van der Waals surface area contributed by atoms with Crippen LogP contribution in [0.25, 0.3) is 16.7 Å². The summed E-state index contributed by atoms with van der Waals surface area (Å²) in [5, 5.41) is 2.97. The molecule has 2 aliphatic rings. The summed E-state index contributed by atoms with van der Waals surface area (Å²) in [7, 11) is 0.